The molecule has 3 aliphatic carbocycles. The standard InChI is InChI=1S/C53H64N3O13P/c1-50(2)38-26-27-52(50,5)53(28-38)67-46-45-44(65-51(3,4)66-45)43(48(47(46)68-53)69-70(58,61-31-36-22-14-8-15-23-36)62-32-37-24-16-9-17-25-37)64-49-40(55-56-54)42(60-30-35-20-12-7-13-21-35)41(57)39(63-49)33-59-29-34-18-10-6-11-19-34/h6-25,38-49,57H,26-33H2,1-5H3/t38-,39-,40-,41-,42-,43-,44-,45+,46-,47-,48+,49-,52-,53?/m1/s1. The molecule has 2 bridgehead atoms. The van der Waals surface area contributed by atoms with Crippen molar-refractivity contribution in [2.75, 3.05) is 6.61 Å². The number of rotatable bonds is 18. The summed E-state index contributed by atoms with van der Waals surface area (Å²) in [4.78, 5) is 3.21. The zero-order valence-corrected chi connectivity index (χ0v) is 41.2. The maximum Gasteiger partial charge on any atom is 0.475 e. The van der Waals surface area contributed by atoms with Crippen molar-refractivity contribution in [2.24, 2.45) is 21.9 Å². The Labute approximate surface area is 409 Å². The van der Waals surface area contributed by atoms with Gasteiger partial charge in [0.25, 0.3) is 0 Å². The maximum absolute atomic E-state index is 15.6. The first kappa shape index (κ1) is 49.5. The van der Waals surface area contributed by atoms with Gasteiger partial charge in [-0.05, 0) is 65.8 Å². The summed E-state index contributed by atoms with van der Waals surface area (Å²) in [5.74, 6) is -1.91. The van der Waals surface area contributed by atoms with Gasteiger partial charge in [0.05, 0.1) is 39.1 Å². The number of aliphatic hydroxyl groups is 1. The average Bonchev–Trinajstić information content (AvgIpc) is 4.02. The molecule has 1 unspecified atom stereocenters. The highest BCUT2D eigenvalue weighted by molar-refractivity contribution is 7.48. The molecule has 374 valence electrons. The first-order valence-electron chi connectivity index (χ1n) is 24.4. The van der Waals surface area contributed by atoms with E-state index in [0.29, 0.717) is 12.3 Å². The van der Waals surface area contributed by atoms with E-state index in [1.807, 2.05) is 121 Å². The van der Waals surface area contributed by atoms with Crippen molar-refractivity contribution in [3.63, 3.8) is 0 Å². The molecule has 3 heterocycles. The van der Waals surface area contributed by atoms with Crippen LogP contribution in [0.1, 0.15) is 76.1 Å². The minimum Gasteiger partial charge on any atom is -0.388 e. The Bertz CT molecular complexity index is 2440. The van der Waals surface area contributed by atoms with Gasteiger partial charge in [0.2, 0.25) is 0 Å². The minimum absolute atomic E-state index is 0.0726. The van der Waals surface area contributed by atoms with E-state index in [0.717, 1.165) is 35.1 Å². The monoisotopic (exact) mass is 981 g/mol. The zero-order chi connectivity index (χ0) is 48.7. The van der Waals surface area contributed by atoms with Crippen LogP contribution in [0.25, 0.3) is 10.4 Å². The van der Waals surface area contributed by atoms with E-state index in [2.05, 4.69) is 30.8 Å². The highest BCUT2D eigenvalue weighted by Gasteiger charge is 2.77. The van der Waals surface area contributed by atoms with Crippen molar-refractivity contribution in [3.8, 4) is 0 Å². The molecule has 3 aliphatic heterocycles. The highest BCUT2D eigenvalue weighted by Crippen LogP contribution is 2.73. The van der Waals surface area contributed by atoms with E-state index in [9.17, 15) is 10.6 Å². The topological polar surface area (TPSA) is 188 Å². The summed E-state index contributed by atoms with van der Waals surface area (Å²) in [6, 6.07) is 36.5. The van der Waals surface area contributed by atoms with E-state index in [-0.39, 0.29) is 38.4 Å². The Balaban J connectivity index is 1.04. The molecule has 1 spiro atoms. The molecule has 1 N–H and O–H groups in total. The van der Waals surface area contributed by atoms with Gasteiger partial charge < -0.3 is 43.0 Å². The number of fused-ring (bicyclic) bond motifs is 6. The zero-order valence-electron chi connectivity index (χ0n) is 40.3. The van der Waals surface area contributed by atoms with Crippen molar-refractivity contribution in [1.82, 2.24) is 0 Å². The largest absolute Gasteiger partial charge is 0.475 e. The fourth-order valence-corrected chi connectivity index (χ4v) is 13.0. The van der Waals surface area contributed by atoms with Crippen LogP contribution in [0.3, 0.4) is 0 Å². The number of hydrogen-bond acceptors (Lipinski definition) is 14. The predicted octanol–water partition coefficient (Wildman–Crippen LogP) is 9.73. The quantitative estimate of drug-likeness (QED) is 0.0430. The second kappa shape index (κ2) is 20.1. The Morgan fingerprint density at radius 3 is 1.74 bits per heavy atom. The fourth-order valence-electron chi connectivity index (χ4n) is 11.6. The van der Waals surface area contributed by atoms with Crippen LogP contribution in [-0.4, -0.2) is 90.6 Å². The van der Waals surface area contributed by atoms with Crippen LogP contribution in [0.4, 0.5) is 0 Å². The van der Waals surface area contributed by atoms with Gasteiger partial charge in [-0.1, -0.05) is 147 Å². The third kappa shape index (κ3) is 9.66. The van der Waals surface area contributed by atoms with E-state index in [4.69, 9.17) is 51.5 Å². The molecule has 3 saturated heterocycles. The number of phosphoric acid groups is 1. The van der Waals surface area contributed by atoms with Crippen LogP contribution in [-0.2, 0) is 82.5 Å². The summed E-state index contributed by atoms with van der Waals surface area (Å²) >= 11 is 0. The fraction of sp³-hybridized carbons (Fsp3) is 0.547. The predicted molar refractivity (Wildman–Crippen MR) is 254 cm³/mol. The van der Waals surface area contributed by atoms with E-state index < -0.39 is 92.1 Å². The van der Waals surface area contributed by atoms with Crippen molar-refractivity contribution < 1.29 is 61.1 Å². The average molecular weight is 982 g/mol. The van der Waals surface area contributed by atoms with Crippen LogP contribution < -0.4 is 0 Å². The number of phosphoric ester groups is 1. The van der Waals surface area contributed by atoms with Crippen molar-refractivity contribution in [1.29, 1.82) is 0 Å². The molecule has 6 aliphatic rings. The van der Waals surface area contributed by atoms with Crippen LogP contribution in [0.5, 0.6) is 0 Å². The summed E-state index contributed by atoms with van der Waals surface area (Å²) in [5.41, 5.74) is 12.8. The van der Waals surface area contributed by atoms with Gasteiger partial charge in [0, 0.05) is 16.7 Å². The van der Waals surface area contributed by atoms with Gasteiger partial charge in [-0.25, -0.2) is 4.57 Å². The maximum atomic E-state index is 15.6. The van der Waals surface area contributed by atoms with Gasteiger partial charge in [0.1, 0.15) is 54.9 Å². The van der Waals surface area contributed by atoms with E-state index in [1.54, 1.807) is 13.8 Å². The molecule has 14 atom stereocenters. The van der Waals surface area contributed by atoms with E-state index >= 15 is 4.57 Å². The summed E-state index contributed by atoms with van der Waals surface area (Å²) in [6.07, 6.45) is -8.47. The summed E-state index contributed by atoms with van der Waals surface area (Å²) in [5, 5.41) is 16.3. The first-order chi connectivity index (χ1) is 33.7. The Morgan fingerprint density at radius 2 is 1.20 bits per heavy atom. The van der Waals surface area contributed by atoms with E-state index in [1.165, 1.54) is 0 Å². The highest BCUT2D eigenvalue weighted by atomic mass is 31.2. The number of benzene rings is 4. The van der Waals surface area contributed by atoms with Gasteiger partial charge in [-0.15, -0.1) is 0 Å². The second-order valence-corrected chi connectivity index (χ2v) is 22.2. The van der Waals surface area contributed by atoms with Gasteiger partial charge >= 0.3 is 7.82 Å². The SMILES string of the molecule is CC1(C)O[C@@H]2[C@@H](O[C@H]3O[C@H](COCc4ccccc4)[C@@H](O)[C@H](OCc4ccccc4)[C@H]3N=[N+]=[N-])[C@H](OP(=O)(OCc3ccccc3)OCc3ccccc3)[C@@H]3OC4(C[C@H]5CC[C@]4(C)C5(C)C)O[C@@H]3[C@H]2O1. The summed E-state index contributed by atoms with van der Waals surface area (Å²) in [6.45, 7) is 10.4. The molecule has 3 saturated carbocycles. The summed E-state index contributed by atoms with van der Waals surface area (Å²) < 4.78 is 89.8. The first-order valence-corrected chi connectivity index (χ1v) is 25.8. The Morgan fingerprint density at radius 1 is 0.686 bits per heavy atom. The van der Waals surface area contributed by atoms with Crippen molar-refractivity contribution >= 4 is 7.82 Å². The van der Waals surface area contributed by atoms with Crippen LogP contribution >= 0.6 is 7.82 Å². The van der Waals surface area contributed by atoms with Crippen LogP contribution in [0.15, 0.2) is 126 Å². The third-order valence-corrected chi connectivity index (χ3v) is 17.1. The lowest BCUT2D eigenvalue weighted by Crippen LogP contribution is -2.66. The lowest BCUT2D eigenvalue weighted by atomic mass is 9.68. The third-order valence-electron chi connectivity index (χ3n) is 15.7. The second-order valence-electron chi connectivity index (χ2n) is 20.6. The molecule has 17 heteroatoms. The number of ether oxygens (including phenoxy) is 8. The molecule has 0 radical (unpaired) electrons. The molecule has 16 nitrogen and oxygen atoms in total. The van der Waals surface area contributed by atoms with Crippen LogP contribution in [0.2, 0.25) is 0 Å². The van der Waals surface area contributed by atoms with Crippen molar-refractivity contribution in [3.05, 3.63) is 154 Å². The minimum atomic E-state index is -4.60. The number of aliphatic hydroxyl groups excluding tert-OH is 1. The molecule has 10 rings (SSSR count). The Hall–Kier alpha value is -4.06. The molecule has 0 aromatic heterocycles. The lowest BCUT2D eigenvalue weighted by Gasteiger charge is -2.47. The number of azide groups is 1. The Kier molecular flexibility index (Phi) is 14.2. The molecule has 6 fully saturated rings. The normalized spacial score (nSPS) is 35.9. The molecule has 4 aromatic carbocycles. The van der Waals surface area contributed by atoms with Gasteiger partial charge in [0.15, 0.2) is 17.9 Å². The molecular weight excluding hydrogens is 918 g/mol. The number of nitrogens with zero attached hydrogens (tertiary/aromatic N) is 3. The lowest BCUT2D eigenvalue weighted by molar-refractivity contribution is -0.312. The molecular formula is C53H64N3O13P. The molecule has 4 aromatic rings. The molecule has 70 heavy (non-hydrogen) atoms. The number of hydrogen-bond donors (Lipinski definition) is 1. The van der Waals surface area contributed by atoms with Gasteiger partial charge in [-0.2, -0.15) is 0 Å². The van der Waals surface area contributed by atoms with Crippen LogP contribution in [0, 0.1) is 16.7 Å². The smallest absolute Gasteiger partial charge is 0.388 e. The van der Waals surface area contributed by atoms with Gasteiger partial charge in [-0.3, -0.25) is 13.6 Å². The molecule has 0 amide bonds. The van der Waals surface area contributed by atoms with Crippen molar-refractivity contribution in [2.45, 2.75) is 159 Å². The summed E-state index contributed by atoms with van der Waals surface area (Å²) in [7, 11) is -4.60.